The standard InChI is InChI=1S/C24H25ClF4N2O/c1-4-30-8-7-22(23(32)31-14-17-10-20(25)13-21(26)11-17)18-6-5-15(2)19(12-18)9-16(3)24(27,28)29/h4-6,9-13,22,30H,1,7-8,14H2,2-3H3,(H,31,32)/b16-9+. The second-order valence-electron chi connectivity index (χ2n) is 7.44. The molecule has 2 rings (SSSR count). The number of halogens is 5. The fraction of sp³-hybridized carbons (Fsp3) is 0.292. The highest BCUT2D eigenvalue weighted by Crippen LogP contribution is 2.29. The third kappa shape index (κ3) is 7.41. The molecule has 1 unspecified atom stereocenters. The lowest BCUT2D eigenvalue weighted by molar-refractivity contribution is -0.122. The number of carbonyl (C=O) groups excluding carboxylic acids is 1. The fourth-order valence-corrected chi connectivity index (χ4v) is 3.39. The van der Waals surface area contributed by atoms with Crippen molar-refractivity contribution in [2.45, 2.75) is 38.9 Å². The Bertz CT molecular complexity index is 982. The smallest absolute Gasteiger partial charge is 0.391 e. The highest BCUT2D eigenvalue weighted by Gasteiger charge is 2.30. The maximum Gasteiger partial charge on any atom is 0.412 e. The van der Waals surface area contributed by atoms with Gasteiger partial charge in [-0.15, -0.1) is 0 Å². The van der Waals surface area contributed by atoms with Crippen molar-refractivity contribution in [2.75, 3.05) is 6.54 Å². The van der Waals surface area contributed by atoms with Crippen LogP contribution in [-0.4, -0.2) is 18.6 Å². The molecule has 0 fully saturated rings. The van der Waals surface area contributed by atoms with Crippen molar-refractivity contribution in [3.8, 4) is 0 Å². The molecule has 172 valence electrons. The van der Waals surface area contributed by atoms with Crippen molar-refractivity contribution in [3.05, 3.63) is 87.8 Å². The molecule has 32 heavy (non-hydrogen) atoms. The first-order valence-corrected chi connectivity index (χ1v) is 10.3. The molecule has 1 atom stereocenters. The van der Waals surface area contributed by atoms with Crippen LogP contribution in [0.15, 0.2) is 54.8 Å². The van der Waals surface area contributed by atoms with E-state index in [1.807, 2.05) is 0 Å². The molecule has 0 aromatic heterocycles. The molecule has 2 N–H and O–H groups in total. The third-order valence-corrected chi connectivity index (χ3v) is 5.17. The lowest BCUT2D eigenvalue weighted by Crippen LogP contribution is -2.30. The summed E-state index contributed by atoms with van der Waals surface area (Å²) in [6.45, 7) is 6.79. The van der Waals surface area contributed by atoms with Crippen LogP contribution in [0.1, 0.15) is 41.5 Å². The minimum absolute atomic E-state index is 0.0630. The Morgan fingerprint density at radius 2 is 1.94 bits per heavy atom. The minimum Gasteiger partial charge on any atom is -0.391 e. The van der Waals surface area contributed by atoms with E-state index in [4.69, 9.17) is 11.6 Å². The average Bonchev–Trinajstić information content (AvgIpc) is 2.70. The Kier molecular flexibility index (Phi) is 8.89. The molecule has 0 spiro atoms. The van der Waals surface area contributed by atoms with Gasteiger partial charge in [-0.05, 0) is 73.0 Å². The van der Waals surface area contributed by atoms with Crippen LogP contribution >= 0.6 is 11.6 Å². The van der Waals surface area contributed by atoms with Gasteiger partial charge in [-0.1, -0.05) is 36.4 Å². The fourth-order valence-electron chi connectivity index (χ4n) is 3.15. The van der Waals surface area contributed by atoms with Crippen molar-refractivity contribution >= 4 is 23.6 Å². The van der Waals surface area contributed by atoms with Gasteiger partial charge in [-0.25, -0.2) is 4.39 Å². The molecule has 0 bridgehead atoms. The van der Waals surface area contributed by atoms with Crippen molar-refractivity contribution in [2.24, 2.45) is 0 Å². The van der Waals surface area contributed by atoms with Gasteiger partial charge in [0.15, 0.2) is 0 Å². The highest BCUT2D eigenvalue weighted by atomic mass is 35.5. The summed E-state index contributed by atoms with van der Waals surface area (Å²) in [6.07, 6.45) is -1.48. The van der Waals surface area contributed by atoms with E-state index in [-0.39, 0.29) is 17.5 Å². The van der Waals surface area contributed by atoms with Crippen LogP contribution in [0.4, 0.5) is 17.6 Å². The molecule has 0 radical (unpaired) electrons. The predicted octanol–water partition coefficient (Wildman–Crippen LogP) is 6.28. The van der Waals surface area contributed by atoms with E-state index < -0.39 is 23.5 Å². The first kappa shape index (κ1) is 25.5. The number of benzene rings is 2. The lowest BCUT2D eigenvalue weighted by atomic mass is 9.91. The molecule has 0 saturated heterocycles. The molecule has 3 nitrogen and oxygen atoms in total. The Labute approximate surface area is 190 Å². The van der Waals surface area contributed by atoms with Gasteiger partial charge in [0.25, 0.3) is 0 Å². The normalized spacial score (nSPS) is 12.9. The van der Waals surface area contributed by atoms with E-state index in [0.717, 1.165) is 13.0 Å². The number of rotatable bonds is 9. The molecule has 0 saturated carbocycles. The summed E-state index contributed by atoms with van der Waals surface area (Å²) in [4.78, 5) is 13.0. The average molecular weight is 469 g/mol. The predicted molar refractivity (Wildman–Crippen MR) is 120 cm³/mol. The van der Waals surface area contributed by atoms with Crippen molar-refractivity contribution in [3.63, 3.8) is 0 Å². The Hall–Kier alpha value is -2.80. The third-order valence-electron chi connectivity index (χ3n) is 4.95. The lowest BCUT2D eigenvalue weighted by Gasteiger charge is -2.19. The van der Waals surface area contributed by atoms with Crippen LogP contribution < -0.4 is 10.6 Å². The molecule has 2 aromatic rings. The Morgan fingerprint density at radius 1 is 1.22 bits per heavy atom. The van der Waals surface area contributed by atoms with Crippen LogP contribution in [0.2, 0.25) is 5.02 Å². The van der Waals surface area contributed by atoms with E-state index in [9.17, 15) is 22.4 Å². The Morgan fingerprint density at radius 3 is 2.56 bits per heavy atom. The zero-order chi connectivity index (χ0) is 23.9. The van der Waals surface area contributed by atoms with E-state index in [1.54, 1.807) is 31.2 Å². The van der Waals surface area contributed by atoms with Crippen LogP contribution in [0.5, 0.6) is 0 Å². The molecule has 0 heterocycles. The van der Waals surface area contributed by atoms with Crippen molar-refractivity contribution in [1.29, 1.82) is 0 Å². The molecular weight excluding hydrogens is 444 g/mol. The van der Waals surface area contributed by atoms with E-state index in [1.165, 1.54) is 18.3 Å². The van der Waals surface area contributed by atoms with Crippen LogP contribution in [0.25, 0.3) is 6.08 Å². The number of alkyl halides is 3. The summed E-state index contributed by atoms with van der Waals surface area (Å²) in [7, 11) is 0. The maximum atomic E-state index is 13.6. The zero-order valence-electron chi connectivity index (χ0n) is 17.8. The van der Waals surface area contributed by atoms with Crippen LogP contribution in [0.3, 0.4) is 0 Å². The van der Waals surface area contributed by atoms with Gasteiger partial charge in [-0.2, -0.15) is 13.2 Å². The number of allylic oxidation sites excluding steroid dienone is 1. The van der Waals surface area contributed by atoms with Crippen molar-refractivity contribution in [1.82, 2.24) is 10.6 Å². The summed E-state index contributed by atoms with van der Waals surface area (Å²) in [5.41, 5.74) is 1.41. The highest BCUT2D eigenvalue weighted by molar-refractivity contribution is 6.30. The number of carbonyl (C=O) groups is 1. The maximum absolute atomic E-state index is 13.6. The molecule has 1 amide bonds. The molecular formula is C24H25ClF4N2O. The number of hydrogen-bond donors (Lipinski definition) is 2. The quantitative estimate of drug-likeness (QED) is 0.336. The summed E-state index contributed by atoms with van der Waals surface area (Å²) in [5, 5.41) is 5.91. The topological polar surface area (TPSA) is 41.1 Å². The summed E-state index contributed by atoms with van der Waals surface area (Å²) in [6, 6.07) is 9.01. The zero-order valence-corrected chi connectivity index (χ0v) is 18.6. The summed E-state index contributed by atoms with van der Waals surface area (Å²) < 4.78 is 52.5. The van der Waals surface area contributed by atoms with Gasteiger partial charge in [-0.3, -0.25) is 4.79 Å². The largest absolute Gasteiger partial charge is 0.412 e. The van der Waals surface area contributed by atoms with E-state index >= 15 is 0 Å². The first-order chi connectivity index (χ1) is 15.0. The van der Waals surface area contributed by atoms with E-state index in [2.05, 4.69) is 17.2 Å². The van der Waals surface area contributed by atoms with Gasteiger partial charge in [0, 0.05) is 23.7 Å². The SMILES string of the molecule is C=CNCCC(C(=O)NCc1cc(F)cc(Cl)c1)c1ccc(C)c(/C=C(\C)C(F)(F)F)c1. The Balaban J connectivity index is 2.30. The first-order valence-electron chi connectivity index (χ1n) is 9.94. The number of hydrogen-bond acceptors (Lipinski definition) is 2. The van der Waals surface area contributed by atoms with Gasteiger partial charge in [0.1, 0.15) is 5.82 Å². The summed E-state index contributed by atoms with van der Waals surface area (Å²) >= 11 is 5.86. The van der Waals surface area contributed by atoms with Gasteiger partial charge in [0.05, 0.1) is 5.92 Å². The van der Waals surface area contributed by atoms with Crippen LogP contribution in [-0.2, 0) is 11.3 Å². The van der Waals surface area contributed by atoms with Gasteiger partial charge >= 0.3 is 6.18 Å². The number of aryl methyl sites for hydroxylation is 1. The second-order valence-corrected chi connectivity index (χ2v) is 7.87. The molecule has 0 aliphatic rings. The molecule has 2 aromatic carbocycles. The minimum atomic E-state index is -4.43. The number of nitrogens with one attached hydrogen (secondary N) is 2. The van der Waals surface area contributed by atoms with Gasteiger partial charge < -0.3 is 10.6 Å². The monoisotopic (exact) mass is 468 g/mol. The van der Waals surface area contributed by atoms with E-state index in [0.29, 0.717) is 35.2 Å². The molecule has 0 aliphatic carbocycles. The summed E-state index contributed by atoms with van der Waals surface area (Å²) in [5.74, 6) is -1.48. The van der Waals surface area contributed by atoms with Gasteiger partial charge in [0.2, 0.25) is 5.91 Å². The van der Waals surface area contributed by atoms with Crippen molar-refractivity contribution < 1.29 is 22.4 Å². The second kappa shape index (κ2) is 11.2. The molecule has 0 aliphatic heterocycles. The van der Waals surface area contributed by atoms with Crippen LogP contribution in [0, 0.1) is 12.7 Å². The molecule has 8 heteroatoms. The number of amides is 1.